The Balaban J connectivity index is 1.31. The number of carboxylic acid groups (broad SMARTS) is 1. The summed E-state index contributed by atoms with van der Waals surface area (Å²) in [5.41, 5.74) is 8.77. The lowest BCUT2D eigenvalue weighted by Gasteiger charge is -2.30. The number of aromatic nitrogens is 1. The molecule has 3 heterocycles. The van der Waals surface area contributed by atoms with Gasteiger partial charge in [0, 0.05) is 36.6 Å². The van der Waals surface area contributed by atoms with E-state index >= 15 is 0 Å². The van der Waals surface area contributed by atoms with Crippen molar-refractivity contribution in [3.05, 3.63) is 71.9 Å². The maximum Gasteiger partial charge on any atom is 0.326 e. The van der Waals surface area contributed by atoms with Crippen LogP contribution in [0, 0.1) is 17.8 Å². The zero-order valence-electron chi connectivity index (χ0n) is 41.1. The Labute approximate surface area is 405 Å². The molecule has 0 bridgehead atoms. The van der Waals surface area contributed by atoms with Crippen LogP contribution in [0.4, 0.5) is 0 Å². The fourth-order valence-electron chi connectivity index (χ4n) is 9.31. The molecule has 376 valence electrons. The first-order valence-electron chi connectivity index (χ1n) is 24.4. The van der Waals surface area contributed by atoms with Crippen molar-refractivity contribution in [3.8, 4) is 0 Å². The van der Waals surface area contributed by atoms with Crippen LogP contribution >= 0.6 is 0 Å². The zero-order chi connectivity index (χ0) is 50.5. The summed E-state index contributed by atoms with van der Waals surface area (Å²) >= 11 is 0. The summed E-state index contributed by atoms with van der Waals surface area (Å²) in [5, 5.41) is 24.5. The maximum absolute atomic E-state index is 14.4. The number of carbonyl (C=O) groups is 8. The van der Waals surface area contributed by atoms with Gasteiger partial charge < -0.3 is 52.2 Å². The van der Waals surface area contributed by atoms with Crippen molar-refractivity contribution >= 4 is 58.2 Å². The average molecular weight is 956 g/mol. The monoisotopic (exact) mass is 956 g/mol. The second-order valence-corrected chi connectivity index (χ2v) is 19.9. The van der Waals surface area contributed by atoms with Gasteiger partial charge in [0.2, 0.25) is 41.4 Å². The molecule has 9 N–H and O–H groups in total. The molecule has 0 saturated carbocycles. The Morgan fingerprint density at radius 1 is 0.609 bits per heavy atom. The van der Waals surface area contributed by atoms with Gasteiger partial charge in [0.25, 0.3) is 0 Å². The number of hydrogen-bond acceptors (Lipinski definition) is 9. The van der Waals surface area contributed by atoms with E-state index in [0.717, 1.165) is 16.5 Å². The summed E-state index contributed by atoms with van der Waals surface area (Å²) < 4.78 is 0. The average Bonchev–Trinajstić information content (AvgIpc) is 4.08. The largest absolute Gasteiger partial charge is 0.480 e. The Bertz CT molecular complexity index is 2280. The van der Waals surface area contributed by atoms with Crippen molar-refractivity contribution in [1.29, 1.82) is 0 Å². The van der Waals surface area contributed by atoms with Crippen LogP contribution in [-0.4, -0.2) is 129 Å². The number of rotatable bonds is 23. The predicted molar refractivity (Wildman–Crippen MR) is 261 cm³/mol. The zero-order valence-corrected chi connectivity index (χ0v) is 41.1. The van der Waals surface area contributed by atoms with Crippen molar-refractivity contribution < 1.29 is 43.5 Å². The summed E-state index contributed by atoms with van der Waals surface area (Å²) in [6, 6.07) is 8.52. The Hall–Kier alpha value is -6.30. The van der Waals surface area contributed by atoms with Gasteiger partial charge in [-0.3, -0.25) is 33.6 Å². The topological polar surface area (TPSA) is 265 Å². The van der Waals surface area contributed by atoms with Gasteiger partial charge in [0.15, 0.2) is 0 Å². The van der Waals surface area contributed by atoms with Crippen LogP contribution < -0.4 is 32.3 Å². The standard InChI is InChI=1S/C51H73N9O9/c1-29(2)23-38(55-46(63)39(24-30(3)4)57-47(64)43-20-14-22-60(43)50(67)36(52)26-33-15-9-8-10-16-33)45(62)56-40(27-34-28-53-37-18-12-11-17-35(34)37)44(61)54-32(7)49(66)59-21-13-19-42(59)48(65)58-41(51(68)69)25-31(5)6/h8-12,15-18,28-32,36,38-43,53H,13-14,19-27,52H2,1-7H3,(H,54,61)(H,55,63)(H,56,62)(H,57,64)(H,58,65)(H,68,69)/t32-,36-,38-,39-,40-,41-,42-,43-/m0/s1. The number of fused-ring (bicyclic) bond motifs is 1. The lowest BCUT2D eigenvalue weighted by molar-refractivity contribution is -0.145. The lowest BCUT2D eigenvalue weighted by Crippen LogP contribution is -2.60. The van der Waals surface area contributed by atoms with E-state index in [-0.39, 0.29) is 55.9 Å². The first kappa shape index (κ1) is 53.7. The predicted octanol–water partition coefficient (Wildman–Crippen LogP) is 2.93. The molecule has 0 spiro atoms. The molecule has 2 aromatic carbocycles. The maximum atomic E-state index is 14.4. The molecule has 0 unspecified atom stereocenters. The van der Waals surface area contributed by atoms with Crippen LogP contribution in [0.2, 0.25) is 0 Å². The Morgan fingerprint density at radius 2 is 1.09 bits per heavy atom. The third kappa shape index (κ3) is 14.8. The summed E-state index contributed by atoms with van der Waals surface area (Å²) in [4.78, 5) is 116. The minimum absolute atomic E-state index is 0.00363. The second kappa shape index (κ2) is 24.8. The van der Waals surface area contributed by atoms with Crippen molar-refractivity contribution in [2.75, 3.05) is 13.1 Å². The summed E-state index contributed by atoms with van der Waals surface area (Å²) in [6.45, 7) is 13.3. The van der Waals surface area contributed by atoms with Gasteiger partial charge in [0.05, 0.1) is 6.04 Å². The van der Waals surface area contributed by atoms with Gasteiger partial charge in [-0.2, -0.15) is 0 Å². The van der Waals surface area contributed by atoms with Gasteiger partial charge in [-0.05, 0) is 93.2 Å². The molecule has 8 atom stereocenters. The number of nitrogens with zero attached hydrogens (tertiary/aromatic N) is 2. The summed E-state index contributed by atoms with van der Waals surface area (Å²) in [6.07, 6.45) is 4.47. The van der Waals surface area contributed by atoms with E-state index in [1.165, 1.54) is 16.7 Å². The van der Waals surface area contributed by atoms with Gasteiger partial charge in [0.1, 0.15) is 42.3 Å². The SMILES string of the molecule is CC(C)C[C@H](NC(=O)[C@@H]1CCCN1C(=O)[C@H](C)NC(=O)[C@H](Cc1c[nH]c2ccccc12)NC(=O)[C@H](CC(C)C)NC(=O)[C@H](CC(C)C)NC(=O)[C@@H]1CCCN1C(=O)[C@@H](N)Cc1ccccc1)C(=O)O. The Kier molecular flexibility index (Phi) is 19.3. The first-order chi connectivity index (χ1) is 32.7. The van der Waals surface area contributed by atoms with Gasteiger partial charge in [-0.1, -0.05) is 90.1 Å². The second-order valence-electron chi connectivity index (χ2n) is 19.9. The molecule has 5 rings (SSSR count). The molecule has 7 amide bonds. The van der Waals surface area contributed by atoms with Crippen LogP contribution in [0.3, 0.4) is 0 Å². The highest BCUT2D eigenvalue weighted by atomic mass is 16.4. The molecule has 0 aliphatic carbocycles. The molecule has 18 nitrogen and oxygen atoms in total. The van der Waals surface area contributed by atoms with E-state index < -0.39 is 89.7 Å². The summed E-state index contributed by atoms with van der Waals surface area (Å²) in [5.74, 6) is -5.24. The highest BCUT2D eigenvalue weighted by Gasteiger charge is 2.40. The molecular formula is C51H73N9O9. The number of nitrogens with one attached hydrogen (secondary N) is 6. The number of H-pyrrole nitrogens is 1. The van der Waals surface area contributed by atoms with Crippen LogP contribution in [0.25, 0.3) is 10.9 Å². The third-order valence-corrected chi connectivity index (χ3v) is 12.8. The quantitative estimate of drug-likeness (QED) is 0.0689. The normalized spacial score (nSPS) is 18.6. The van der Waals surface area contributed by atoms with Crippen LogP contribution in [0.1, 0.15) is 105 Å². The number of amides is 7. The molecular weight excluding hydrogens is 883 g/mol. The number of aliphatic carboxylic acids is 1. The van der Waals surface area contributed by atoms with Crippen molar-refractivity contribution in [3.63, 3.8) is 0 Å². The number of likely N-dealkylation sites (tertiary alicyclic amines) is 2. The van der Waals surface area contributed by atoms with E-state index in [1.54, 1.807) is 6.20 Å². The fraction of sp³-hybridized carbons (Fsp3) is 0.569. The highest BCUT2D eigenvalue weighted by molar-refractivity contribution is 5.98. The molecule has 1 aromatic heterocycles. The molecule has 2 fully saturated rings. The van der Waals surface area contributed by atoms with Crippen LogP contribution in [0.5, 0.6) is 0 Å². The van der Waals surface area contributed by atoms with Gasteiger partial charge >= 0.3 is 5.97 Å². The van der Waals surface area contributed by atoms with Crippen molar-refractivity contribution in [1.82, 2.24) is 41.4 Å². The molecule has 2 aliphatic rings. The molecule has 0 radical (unpaired) electrons. The van der Waals surface area contributed by atoms with Crippen molar-refractivity contribution in [2.24, 2.45) is 23.5 Å². The number of nitrogens with two attached hydrogens (primary N) is 1. The Morgan fingerprint density at radius 3 is 1.65 bits per heavy atom. The molecule has 18 heteroatoms. The van der Waals surface area contributed by atoms with E-state index in [0.29, 0.717) is 44.2 Å². The van der Waals surface area contributed by atoms with E-state index in [4.69, 9.17) is 5.73 Å². The fourth-order valence-corrected chi connectivity index (χ4v) is 9.31. The van der Waals surface area contributed by atoms with E-state index in [9.17, 15) is 43.5 Å². The van der Waals surface area contributed by atoms with E-state index in [2.05, 4.69) is 31.6 Å². The molecule has 2 saturated heterocycles. The van der Waals surface area contributed by atoms with Gasteiger partial charge in [-0.25, -0.2) is 4.79 Å². The first-order valence-corrected chi connectivity index (χ1v) is 24.4. The number of carbonyl (C=O) groups excluding carboxylic acids is 7. The molecule has 3 aromatic rings. The molecule has 2 aliphatic heterocycles. The number of carboxylic acids is 1. The van der Waals surface area contributed by atoms with Crippen molar-refractivity contribution in [2.45, 2.75) is 155 Å². The smallest absolute Gasteiger partial charge is 0.326 e. The number of benzene rings is 2. The van der Waals surface area contributed by atoms with Gasteiger partial charge in [-0.15, -0.1) is 0 Å². The highest BCUT2D eigenvalue weighted by Crippen LogP contribution is 2.23. The van der Waals surface area contributed by atoms with Crippen LogP contribution in [-0.2, 0) is 51.2 Å². The van der Waals surface area contributed by atoms with Crippen LogP contribution in [0.15, 0.2) is 60.8 Å². The number of para-hydroxylation sites is 1. The lowest BCUT2D eigenvalue weighted by atomic mass is 9.98. The minimum atomic E-state index is -1.24. The third-order valence-electron chi connectivity index (χ3n) is 12.8. The number of hydrogen-bond donors (Lipinski definition) is 8. The molecule has 69 heavy (non-hydrogen) atoms. The minimum Gasteiger partial charge on any atom is -0.480 e. The van der Waals surface area contributed by atoms with E-state index in [1.807, 2.05) is 96.1 Å². The number of aromatic amines is 1. The summed E-state index contributed by atoms with van der Waals surface area (Å²) in [7, 11) is 0.